The average molecular weight is 246 g/mol. The molecule has 18 heavy (non-hydrogen) atoms. The third kappa shape index (κ3) is 3.34. The first-order valence-corrected chi connectivity index (χ1v) is 6.82. The van der Waals surface area contributed by atoms with E-state index in [2.05, 4.69) is 31.2 Å². The SMILES string of the molecule is COC(=O)CC1CCC(c2ccc(C)cc2)CC1. The lowest BCUT2D eigenvalue weighted by Crippen LogP contribution is -2.17. The van der Waals surface area contributed by atoms with Crippen LogP contribution in [0, 0.1) is 12.8 Å². The number of methoxy groups -OCH3 is 1. The molecule has 1 aliphatic rings. The molecule has 0 saturated heterocycles. The Hall–Kier alpha value is -1.31. The summed E-state index contributed by atoms with van der Waals surface area (Å²) in [5, 5.41) is 0. The molecule has 2 nitrogen and oxygen atoms in total. The Morgan fingerprint density at radius 1 is 1.17 bits per heavy atom. The number of carbonyl (C=O) groups excluding carboxylic acids is 1. The average Bonchev–Trinajstić information content (AvgIpc) is 2.40. The minimum atomic E-state index is -0.0613. The number of carbonyl (C=O) groups is 1. The molecule has 0 N–H and O–H groups in total. The van der Waals surface area contributed by atoms with Gasteiger partial charge in [0.1, 0.15) is 0 Å². The van der Waals surface area contributed by atoms with Crippen molar-refractivity contribution >= 4 is 5.97 Å². The van der Waals surface area contributed by atoms with Gasteiger partial charge in [-0.15, -0.1) is 0 Å². The molecule has 2 rings (SSSR count). The molecular formula is C16H22O2. The van der Waals surface area contributed by atoms with Crippen molar-refractivity contribution in [3.05, 3.63) is 35.4 Å². The number of hydrogen-bond donors (Lipinski definition) is 0. The third-order valence-corrected chi connectivity index (χ3v) is 4.08. The Morgan fingerprint density at radius 3 is 2.33 bits per heavy atom. The molecule has 1 aromatic carbocycles. The van der Waals surface area contributed by atoms with Crippen molar-refractivity contribution in [3.8, 4) is 0 Å². The van der Waals surface area contributed by atoms with Crippen molar-refractivity contribution in [1.82, 2.24) is 0 Å². The maximum absolute atomic E-state index is 11.2. The summed E-state index contributed by atoms with van der Waals surface area (Å²) in [6, 6.07) is 8.88. The standard InChI is InChI=1S/C16H22O2/c1-12-3-7-14(8-4-12)15-9-5-13(6-10-15)11-16(17)18-2/h3-4,7-8,13,15H,5-6,9-11H2,1-2H3. The molecule has 1 saturated carbocycles. The van der Waals surface area contributed by atoms with Crippen molar-refractivity contribution in [1.29, 1.82) is 0 Å². The summed E-state index contributed by atoms with van der Waals surface area (Å²) in [6.45, 7) is 2.12. The van der Waals surface area contributed by atoms with Gasteiger partial charge in [-0.1, -0.05) is 29.8 Å². The maximum Gasteiger partial charge on any atom is 0.305 e. The lowest BCUT2D eigenvalue weighted by molar-refractivity contribution is -0.142. The number of aryl methyl sites for hydroxylation is 1. The van der Waals surface area contributed by atoms with Crippen molar-refractivity contribution in [3.63, 3.8) is 0 Å². The predicted octanol–water partition coefficient (Wildman–Crippen LogP) is 3.83. The normalized spacial score (nSPS) is 23.7. The largest absolute Gasteiger partial charge is 0.469 e. The molecule has 98 valence electrons. The van der Waals surface area contributed by atoms with Crippen LogP contribution in [-0.2, 0) is 9.53 Å². The van der Waals surface area contributed by atoms with Gasteiger partial charge in [-0.2, -0.15) is 0 Å². The van der Waals surface area contributed by atoms with Crippen LogP contribution >= 0.6 is 0 Å². The Morgan fingerprint density at radius 2 is 1.78 bits per heavy atom. The van der Waals surface area contributed by atoms with E-state index in [0.29, 0.717) is 18.3 Å². The van der Waals surface area contributed by atoms with Crippen LogP contribution in [0.3, 0.4) is 0 Å². The van der Waals surface area contributed by atoms with Gasteiger partial charge < -0.3 is 4.74 Å². The van der Waals surface area contributed by atoms with E-state index in [4.69, 9.17) is 4.74 Å². The molecule has 0 unspecified atom stereocenters. The van der Waals surface area contributed by atoms with Crippen LogP contribution in [0.15, 0.2) is 24.3 Å². The monoisotopic (exact) mass is 246 g/mol. The maximum atomic E-state index is 11.2. The molecule has 0 amide bonds. The highest BCUT2D eigenvalue weighted by molar-refractivity contribution is 5.69. The van der Waals surface area contributed by atoms with Gasteiger partial charge in [0.2, 0.25) is 0 Å². The van der Waals surface area contributed by atoms with Crippen molar-refractivity contribution in [2.24, 2.45) is 5.92 Å². The van der Waals surface area contributed by atoms with Gasteiger partial charge in [0, 0.05) is 6.42 Å². The summed E-state index contributed by atoms with van der Waals surface area (Å²) in [5.74, 6) is 1.15. The number of ether oxygens (including phenoxy) is 1. The number of esters is 1. The van der Waals surface area contributed by atoms with E-state index in [1.165, 1.54) is 31.1 Å². The van der Waals surface area contributed by atoms with Gasteiger partial charge in [-0.05, 0) is 50.0 Å². The van der Waals surface area contributed by atoms with Crippen molar-refractivity contribution < 1.29 is 9.53 Å². The van der Waals surface area contributed by atoms with Crippen LogP contribution in [-0.4, -0.2) is 13.1 Å². The van der Waals surface area contributed by atoms with Crippen LogP contribution in [0.2, 0.25) is 0 Å². The van der Waals surface area contributed by atoms with Crippen molar-refractivity contribution in [2.45, 2.75) is 44.9 Å². The topological polar surface area (TPSA) is 26.3 Å². The fraction of sp³-hybridized carbons (Fsp3) is 0.562. The van der Waals surface area contributed by atoms with Gasteiger partial charge in [0.15, 0.2) is 0 Å². The molecule has 0 atom stereocenters. The van der Waals surface area contributed by atoms with Crippen molar-refractivity contribution in [2.75, 3.05) is 7.11 Å². The number of benzene rings is 1. The molecule has 1 aliphatic carbocycles. The lowest BCUT2D eigenvalue weighted by Gasteiger charge is -2.28. The lowest BCUT2D eigenvalue weighted by atomic mass is 9.77. The zero-order valence-electron chi connectivity index (χ0n) is 11.3. The van der Waals surface area contributed by atoms with E-state index in [1.807, 2.05) is 0 Å². The number of rotatable bonds is 3. The minimum Gasteiger partial charge on any atom is -0.469 e. The van der Waals surface area contributed by atoms with Crippen LogP contribution in [0.5, 0.6) is 0 Å². The number of hydrogen-bond acceptors (Lipinski definition) is 2. The fourth-order valence-electron chi connectivity index (χ4n) is 2.86. The van der Waals surface area contributed by atoms with E-state index < -0.39 is 0 Å². The van der Waals surface area contributed by atoms with Gasteiger partial charge >= 0.3 is 5.97 Å². The van der Waals surface area contributed by atoms with Gasteiger partial charge in [-0.3, -0.25) is 4.79 Å². The van der Waals surface area contributed by atoms with Crippen LogP contribution in [0.25, 0.3) is 0 Å². The zero-order chi connectivity index (χ0) is 13.0. The summed E-state index contributed by atoms with van der Waals surface area (Å²) in [6.07, 6.45) is 5.29. The van der Waals surface area contributed by atoms with Crippen LogP contribution in [0.4, 0.5) is 0 Å². The van der Waals surface area contributed by atoms with E-state index in [9.17, 15) is 4.79 Å². The quantitative estimate of drug-likeness (QED) is 0.758. The van der Waals surface area contributed by atoms with Gasteiger partial charge in [0.25, 0.3) is 0 Å². The molecule has 0 aliphatic heterocycles. The Labute approximate surface area is 109 Å². The Bertz CT molecular complexity index is 386. The highest BCUT2D eigenvalue weighted by Gasteiger charge is 2.24. The fourth-order valence-corrected chi connectivity index (χ4v) is 2.86. The molecule has 0 heterocycles. The third-order valence-electron chi connectivity index (χ3n) is 4.08. The smallest absolute Gasteiger partial charge is 0.305 e. The van der Waals surface area contributed by atoms with E-state index in [1.54, 1.807) is 0 Å². The molecule has 0 aromatic heterocycles. The van der Waals surface area contributed by atoms with Crippen LogP contribution in [0.1, 0.15) is 49.1 Å². The predicted molar refractivity (Wildman–Crippen MR) is 72.5 cm³/mol. The summed E-state index contributed by atoms with van der Waals surface area (Å²) in [5.41, 5.74) is 2.77. The molecular weight excluding hydrogens is 224 g/mol. The first-order valence-electron chi connectivity index (χ1n) is 6.82. The molecule has 0 radical (unpaired) electrons. The van der Waals surface area contributed by atoms with Crippen LogP contribution < -0.4 is 0 Å². The first kappa shape index (κ1) is 13.1. The summed E-state index contributed by atoms with van der Waals surface area (Å²) >= 11 is 0. The van der Waals surface area contributed by atoms with Gasteiger partial charge in [0.05, 0.1) is 7.11 Å². The summed E-state index contributed by atoms with van der Waals surface area (Å²) in [7, 11) is 1.47. The molecule has 1 aromatic rings. The van der Waals surface area contributed by atoms with E-state index in [-0.39, 0.29) is 5.97 Å². The Balaban J connectivity index is 1.86. The molecule has 2 heteroatoms. The highest BCUT2D eigenvalue weighted by Crippen LogP contribution is 2.37. The molecule has 1 fully saturated rings. The zero-order valence-corrected chi connectivity index (χ0v) is 11.3. The van der Waals surface area contributed by atoms with E-state index >= 15 is 0 Å². The highest BCUT2D eigenvalue weighted by atomic mass is 16.5. The summed E-state index contributed by atoms with van der Waals surface area (Å²) < 4.78 is 4.74. The Kier molecular flexibility index (Phi) is 4.40. The van der Waals surface area contributed by atoms with Gasteiger partial charge in [-0.25, -0.2) is 0 Å². The second-order valence-corrected chi connectivity index (χ2v) is 5.41. The van der Waals surface area contributed by atoms with E-state index in [0.717, 1.165) is 12.8 Å². The minimum absolute atomic E-state index is 0.0613. The summed E-state index contributed by atoms with van der Waals surface area (Å²) in [4.78, 5) is 11.2. The first-order chi connectivity index (χ1) is 8.69. The second-order valence-electron chi connectivity index (χ2n) is 5.41. The second kappa shape index (κ2) is 6.03. The molecule has 0 spiro atoms. The molecule has 0 bridgehead atoms.